The Kier molecular flexibility index (Phi) is 55.3. The summed E-state index contributed by atoms with van der Waals surface area (Å²) in [6.45, 7) is 5.93. The first kappa shape index (κ1) is 77.7. The SMILES string of the molecule is CC/C=C\C/C=C\C/C=C\CCCCCCCC(=O)OC(COC(=O)CCCCCCCCCCCCCCCCCCCCC)COC1OC(C(=O)O)C(O)C(O)C1OC(=O)CCCCCCCCCCC/C=C\CCCCCCCC. The third-order valence-electron chi connectivity index (χ3n) is 15.9. The second kappa shape index (κ2) is 59.0. The topological polar surface area (TPSA) is 175 Å². The molecule has 0 radical (unpaired) electrons. The van der Waals surface area contributed by atoms with Crippen LogP contribution in [-0.2, 0) is 42.9 Å². The fourth-order valence-corrected chi connectivity index (χ4v) is 10.6. The lowest BCUT2D eigenvalue weighted by Gasteiger charge is -2.40. The summed E-state index contributed by atoms with van der Waals surface area (Å²) in [4.78, 5) is 51.4. The Morgan fingerprint density at radius 1 is 0.410 bits per heavy atom. The molecule has 1 aliphatic heterocycles. The van der Waals surface area contributed by atoms with Crippen molar-refractivity contribution in [3.8, 4) is 0 Å². The maximum absolute atomic E-state index is 13.2. The van der Waals surface area contributed by atoms with Crippen molar-refractivity contribution in [2.24, 2.45) is 0 Å². The van der Waals surface area contributed by atoms with Gasteiger partial charge >= 0.3 is 23.9 Å². The Morgan fingerprint density at radius 3 is 1.17 bits per heavy atom. The maximum atomic E-state index is 13.2. The Balaban J connectivity index is 2.62. The van der Waals surface area contributed by atoms with Crippen LogP contribution in [0.4, 0.5) is 0 Å². The van der Waals surface area contributed by atoms with Crippen molar-refractivity contribution >= 4 is 23.9 Å². The van der Waals surface area contributed by atoms with E-state index in [0.29, 0.717) is 19.3 Å². The first-order chi connectivity index (χ1) is 40.6. The van der Waals surface area contributed by atoms with Gasteiger partial charge in [0, 0.05) is 19.3 Å². The Hall–Kier alpha value is -3.32. The molecule has 0 bridgehead atoms. The van der Waals surface area contributed by atoms with E-state index in [-0.39, 0.29) is 25.9 Å². The molecule has 0 aromatic carbocycles. The van der Waals surface area contributed by atoms with Gasteiger partial charge in [-0.15, -0.1) is 0 Å². The summed E-state index contributed by atoms with van der Waals surface area (Å²) in [6, 6.07) is 0. The van der Waals surface area contributed by atoms with Gasteiger partial charge in [-0.3, -0.25) is 14.4 Å². The highest BCUT2D eigenvalue weighted by molar-refractivity contribution is 5.74. The zero-order valence-corrected chi connectivity index (χ0v) is 53.5. The van der Waals surface area contributed by atoms with E-state index in [0.717, 1.165) is 103 Å². The molecule has 6 atom stereocenters. The summed E-state index contributed by atoms with van der Waals surface area (Å²) in [5.41, 5.74) is 0. The monoisotopic (exact) mass is 1170 g/mol. The molecule has 482 valence electrons. The number of aliphatic carboxylic acids is 1. The minimum Gasteiger partial charge on any atom is -0.479 e. The number of aliphatic hydroxyl groups excluding tert-OH is 2. The van der Waals surface area contributed by atoms with Crippen LogP contribution < -0.4 is 0 Å². The molecular formula is C71H126O12. The van der Waals surface area contributed by atoms with Gasteiger partial charge in [-0.25, -0.2) is 4.79 Å². The number of carboxylic acids is 1. The van der Waals surface area contributed by atoms with Gasteiger partial charge in [0.1, 0.15) is 18.8 Å². The van der Waals surface area contributed by atoms with Crippen LogP contribution in [0.15, 0.2) is 48.6 Å². The molecule has 0 saturated carbocycles. The fraction of sp³-hybridized carbons (Fsp3) is 0.831. The van der Waals surface area contributed by atoms with Crippen molar-refractivity contribution < 1.29 is 58.2 Å². The number of allylic oxidation sites excluding steroid dienone is 8. The smallest absolute Gasteiger partial charge is 0.335 e. The first-order valence-corrected chi connectivity index (χ1v) is 34.6. The molecule has 0 spiro atoms. The Bertz CT molecular complexity index is 1630. The standard InChI is InChI=1S/C71H126O12/c1-4-7-10-13-16-19-22-25-28-30-32-34-37-39-42-45-48-51-54-57-63(72)79-60-62(81-64(73)58-55-52-49-46-43-40-36-27-24-21-18-15-12-9-6-3)61-80-71-69(67(76)66(75)68(83-71)70(77)78)82-65(74)59-56-53-50-47-44-41-38-35-33-31-29-26-23-20-17-14-11-8-5-2/h9,12,18,21,26-27,29,36,62,66-69,71,75-76H,4-8,10-11,13-17,19-20,22-25,28,30-35,37-61H2,1-3H3,(H,77,78)/b12-9-,21-18-,29-26-,36-27-. The highest BCUT2D eigenvalue weighted by atomic mass is 16.7. The molecule has 1 fully saturated rings. The Labute approximate surface area is 507 Å². The summed E-state index contributed by atoms with van der Waals surface area (Å²) < 4.78 is 28.6. The molecule has 1 heterocycles. The minimum absolute atomic E-state index is 0.0585. The highest BCUT2D eigenvalue weighted by Gasteiger charge is 2.50. The molecule has 1 rings (SSSR count). The van der Waals surface area contributed by atoms with Gasteiger partial charge in [0.2, 0.25) is 0 Å². The first-order valence-electron chi connectivity index (χ1n) is 34.6. The molecule has 12 heteroatoms. The van der Waals surface area contributed by atoms with E-state index in [1.165, 1.54) is 167 Å². The predicted octanol–water partition coefficient (Wildman–Crippen LogP) is 18.9. The molecule has 12 nitrogen and oxygen atoms in total. The van der Waals surface area contributed by atoms with Crippen molar-refractivity contribution in [2.45, 2.75) is 366 Å². The summed E-state index contributed by atoms with van der Waals surface area (Å²) in [5.74, 6) is -3.11. The second-order valence-corrected chi connectivity index (χ2v) is 23.8. The predicted molar refractivity (Wildman–Crippen MR) is 340 cm³/mol. The lowest BCUT2D eigenvalue weighted by Crippen LogP contribution is -2.61. The quantitative estimate of drug-likeness (QED) is 0.0228. The molecule has 0 aromatic rings. The van der Waals surface area contributed by atoms with Crippen molar-refractivity contribution in [1.29, 1.82) is 0 Å². The molecule has 1 aliphatic rings. The van der Waals surface area contributed by atoms with Gasteiger partial charge in [0.05, 0.1) is 6.61 Å². The van der Waals surface area contributed by atoms with Gasteiger partial charge in [-0.1, -0.05) is 281 Å². The number of rotatable bonds is 60. The molecule has 6 unspecified atom stereocenters. The number of ether oxygens (including phenoxy) is 5. The maximum Gasteiger partial charge on any atom is 0.335 e. The van der Waals surface area contributed by atoms with Gasteiger partial charge in [0.15, 0.2) is 24.6 Å². The third-order valence-corrected chi connectivity index (χ3v) is 15.9. The second-order valence-electron chi connectivity index (χ2n) is 23.8. The van der Waals surface area contributed by atoms with Gasteiger partial charge in [-0.05, 0) is 77.0 Å². The van der Waals surface area contributed by atoms with Gasteiger partial charge in [-0.2, -0.15) is 0 Å². The normalized spacial score (nSPS) is 17.8. The van der Waals surface area contributed by atoms with Crippen LogP contribution in [0.25, 0.3) is 0 Å². The molecule has 0 aliphatic carbocycles. The van der Waals surface area contributed by atoms with Crippen LogP contribution in [0.5, 0.6) is 0 Å². The van der Waals surface area contributed by atoms with E-state index < -0.39 is 67.3 Å². The summed E-state index contributed by atoms with van der Waals surface area (Å²) in [7, 11) is 0. The van der Waals surface area contributed by atoms with Crippen molar-refractivity contribution in [1.82, 2.24) is 0 Å². The number of unbranched alkanes of at least 4 members (excludes halogenated alkanes) is 38. The largest absolute Gasteiger partial charge is 0.479 e. The van der Waals surface area contributed by atoms with Crippen LogP contribution in [0.3, 0.4) is 0 Å². The van der Waals surface area contributed by atoms with Crippen LogP contribution in [0.2, 0.25) is 0 Å². The number of hydrogen-bond donors (Lipinski definition) is 3. The zero-order valence-electron chi connectivity index (χ0n) is 53.5. The number of carbonyl (C=O) groups is 4. The van der Waals surface area contributed by atoms with E-state index in [9.17, 15) is 34.5 Å². The molecule has 0 aromatic heterocycles. The van der Waals surface area contributed by atoms with Gasteiger partial charge < -0.3 is 39.0 Å². The number of hydrogen-bond acceptors (Lipinski definition) is 11. The van der Waals surface area contributed by atoms with Crippen LogP contribution in [-0.4, -0.2) is 89.2 Å². The van der Waals surface area contributed by atoms with Crippen molar-refractivity contribution in [2.75, 3.05) is 13.2 Å². The van der Waals surface area contributed by atoms with Crippen molar-refractivity contribution in [3.63, 3.8) is 0 Å². The van der Waals surface area contributed by atoms with Crippen molar-refractivity contribution in [3.05, 3.63) is 48.6 Å². The van der Waals surface area contributed by atoms with Crippen LogP contribution in [0.1, 0.15) is 329 Å². The number of carboxylic acid groups (broad SMARTS) is 1. The van der Waals surface area contributed by atoms with E-state index in [1.807, 2.05) is 0 Å². The minimum atomic E-state index is -1.91. The lowest BCUT2D eigenvalue weighted by atomic mass is 9.98. The molecule has 3 N–H and O–H groups in total. The summed E-state index contributed by atoms with van der Waals surface area (Å²) in [5, 5.41) is 31.6. The molecule has 83 heavy (non-hydrogen) atoms. The van der Waals surface area contributed by atoms with Crippen LogP contribution >= 0.6 is 0 Å². The highest BCUT2D eigenvalue weighted by Crippen LogP contribution is 2.27. The van der Waals surface area contributed by atoms with E-state index in [2.05, 4.69) is 69.4 Å². The fourth-order valence-electron chi connectivity index (χ4n) is 10.6. The number of carbonyl (C=O) groups excluding carboxylic acids is 3. The third kappa shape index (κ3) is 48.5. The average Bonchev–Trinajstić information content (AvgIpc) is 3.60. The average molecular weight is 1170 g/mol. The number of aliphatic hydroxyl groups is 2. The molecular weight excluding hydrogens is 1040 g/mol. The molecule has 1 saturated heterocycles. The molecule has 0 amide bonds. The van der Waals surface area contributed by atoms with E-state index in [1.54, 1.807) is 0 Å². The van der Waals surface area contributed by atoms with E-state index in [4.69, 9.17) is 23.7 Å². The van der Waals surface area contributed by atoms with E-state index >= 15 is 0 Å². The summed E-state index contributed by atoms with van der Waals surface area (Å²) >= 11 is 0. The van der Waals surface area contributed by atoms with Gasteiger partial charge in [0.25, 0.3) is 0 Å². The zero-order chi connectivity index (χ0) is 60.3. The lowest BCUT2D eigenvalue weighted by molar-refractivity contribution is -0.301. The Morgan fingerprint density at radius 2 is 0.759 bits per heavy atom. The van der Waals surface area contributed by atoms with Crippen LogP contribution in [0, 0.1) is 0 Å². The number of esters is 3. The summed E-state index contributed by atoms with van der Waals surface area (Å²) in [6.07, 6.45) is 60.7.